The Morgan fingerprint density at radius 1 is 1.08 bits per heavy atom. The van der Waals surface area contributed by atoms with Gasteiger partial charge in [-0.25, -0.2) is 9.29 Å². The zero-order valence-corrected chi connectivity index (χ0v) is 14.0. The molecular formula is C19H16FN3O3. The molecule has 0 atom stereocenters. The van der Waals surface area contributed by atoms with Crippen LogP contribution in [-0.2, 0) is 14.4 Å². The Bertz CT molecular complexity index is 901. The number of carbonyl (C=O) groups excluding carboxylic acids is 3. The van der Waals surface area contributed by atoms with Gasteiger partial charge in [0.2, 0.25) is 5.91 Å². The number of rotatable bonds is 2. The van der Waals surface area contributed by atoms with Gasteiger partial charge in [-0.05, 0) is 31.7 Å². The molecule has 132 valence electrons. The summed E-state index contributed by atoms with van der Waals surface area (Å²) in [5.41, 5.74) is 1.58. The zero-order chi connectivity index (χ0) is 18.4. The monoisotopic (exact) mass is 353 g/mol. The lowest BCUT2D eigenvalue weighted by Gasteiger charge is -2.30. The van der Waals surface area contributed by atoms with Gasteiger partial charge in [-0.3, -0.25) is 19.3 Å². The van der Waals surface area contributed by atoms with Crippen molar-refractivity contribution < 1.29 is 18.8 Å². The highest BCUT2D eigenvalue weighted by molar-refractivity contribution is 6.33. The molecule has 1 aromatic carbocycles. The number of anilines is 3. The second-order valence-electron chi connectivity index (χ2n) is 6.47. The zero-order valence-electron chi connectivity index (χ0n) is 14.0. The standard InChI is InChI=1S/C19H16FN3O3/c1-2-7-22-16-9-15(13(20)8-14(16)21-10-17(22)24)23-18(25)11-5-3-4-6-12(11)19(23)26/h1,8-9,21H,3-7,10H2. The van der Waals surface area contributed by atoms with Crippen LogP contribution in [0.4, 0.5) is 21.5 Å². The van der Waals surface area contributed by atoms with Crippen LogP contribution in [0, 0.1) is 18.2 Å². The predicted octanol–water partition coefficient (Wildman–Crippen LogP) is 1.96. The molecule has 2 aliphatic heterocycles. The Morgan fingerprint density at radius 3 is 2.35 bits per heavy atom. The van der Waals surface area contributed by atoms with Crippen molar-refractivity contribution in [2.75, 3.05) is 28.2 Å². The first-order chi connectivity index (χ1) is 12.5. The SMILES string of the molecule is C#CCN1C(=O)CNc2cc(F)c(N3C(=O)C4=C(CCCC4)C3=O)cc21. The quantitative estimate of drug-likeness (QED) is 0.652. The van der Waals surface area contributed by atoms with Gasteiger partial charge in [0.1, 0.15) is 5.82 Å². The fourth-order valence-electron chi connectivity index (χ4n) is 3.71. The predicted molar refractivity (Wildman–Crippen MR) is 94.1 cm³/mol. The molecule has 0 bridgehead atoms. The van der Waals surface area contributed by atoms with Crippen LogP contribution in [-0.4, -0.2) is 30.8 Å². The van der Waals surface area contributed by atoms with Gasteiger partial charge in [0.15, 0.2) is 0 Å². The Kier molecular flexibility index (Phi) is 3.76. The number of terminal acetylenes is 1. The number of nitrogens with one attached hydrogen (secondary N) is 1. The maximum Gasteiger partial charge on any atom is 0.261 e. The molecule has 3 amide bonds. The summed E-state index contributed by atoms with van der Waals surface area (Å²) < 4.78 is 14.7. The van der Waals surface area contributed by atoms with E-state index in [9.17, 15) is 18.8 Å². The van der Waals surface area contributed by atoms with Crippen LogP contribution in [0.15, 0.2) is 23.3 Å². The summed E-state index contributed by atoms with van der Waals surface area (Å²) in [7, 11) is 0. The van der Waals surface area contributed by atoms with E-state index in [1.54, 1.807) is 0 Å². The van der Waals surface area contributed by atoms with Crippen LogP contribution in [0.1, 0.15) is 25.7 Å². The van der Waals surface area contributed by atoms with Crippen molar-refractivity contribution in [3.8, 4) is 12.3 Å². The number of hydrogen-bond acceptors (Lipinski definition) is 4. The van der Waals surface area contributed by atoms with E-state index in [-0.39, 0.29) is 24.7 Å². The van der Waals surface area contributed by atoms with Crippen molar-refractivity contribution in [1.82, 2.24) is 0 Å². The molecular weight excluding hydrogens is 337 g/mol. The van der Waals surface area contributed by atoms with E-state index in [2.05, 4.69) is 11.2 Å². The fraction of sp³-hybridized carbons (Fsp3) is 0.316. The third kappa shape index (κ3) is 2.30. The van der Waals surface area contributed by atoms with E-state index in [1.165, 1.54) is 17.0 Å². The second-order valence-corrected chi connectivity index (χ2v) is 6.47. The molecule has 0 aromatic heterocycles. The first-order valence-corrected chi connectivity index (χ1v) is 8.45. The summed E-state index contributed by atoms with van der Waals surface area (Å²) in [6.45, 7) is 0.0279. The van der Waals surface area contributed by atoms with Crippen LogP contribution < -0.4 is 15.1 Å². The molecule has 1 aliphatic carbocycles. The van der Waals surface area contributed by atoms with Gasteiger partial charge < -0.3 is 5.32 Å². The third-order valence-electron chi connectivity index (χ3n) is 4.97. The van der Waals surface area contributed by atoms with Crippen LogP contribution in [0.2, 0.25) is 0 Å². The summed E-state index contributed by atoms with van der Waals surface area (Å²) >= 11 is 0. The molecule has 0 saturated carbocycles. The number of halogens is 1. The lowest BCUT2D eigenvalue weighted by molar-refractivity contribution is -0.121. The van der Waals surface area contributed by atoms with Gasteiger partial charge in [0.05, 0.1) is 30.2 Å². The van der Waals surface area contributed by atoms with Gasteiger partial charge >= 0.3 is 0 Å². The van der Waals surface area contributed by atoms with Gasteiger partial charge in [-0.15, -0.1) is 6.42 Å². The van der Waals surface area contributed by atoms with E-state index in [0.717, 1.165) is 17.7 Å². The molecule has 7 heteroatoms. The lowest BCUT2D eigenvalue weighted by Crippen LogP contribution is -2.40. The molecule has 1 N–H and O–H groups in total. The van der Waals surface area contributed by atoms with Crippen molar-refractivity contribution in [2.45, 2.75) is 25.7 Å². The van der Waals surface area contributed by atoms with Crippen molar-refractivity contribution in [3.63, 3.8) is 0 Å². The minimum atomic E-state index is -0.701. The van der Waals surface area contributed by atoms with E-state index in [0.29, 0.717) is 35.4 Å². The van der Waals surface area contributed by atoms with Crippen LogP contribution >= 0.6 is 0 Å². The molecule has 0 spiro atoms. The highest BCUT2D eigenvalue weighted by Crippen LogP contribution is 2.40. The molecule has 2 heterocycles. The first-order valence-electron chi connectivity index (χ1n) is 8.45. The largest absolute Gasteiger partial charge is 0.374 e. The average Bonchev–Trinajstić information content (AvgIpc) is 2.89. The Labute approximate surface area is 149 Å². The molecule has 3 aliphatic rings. The van der Waals surface area contributed by atoms with E-state index < -0.39 is 17.6 Å². The van der Waals surface area contributed by atoms with Crippen LogP contribution in [0.3, 0.4) is 0 Å². The number of hydrogen-bond donors (Lipinski definition) is 1. The number of amides is 3. The van der Waals surface area contributed by atoms with Crippen molar-refractivity contribution in [1.29, 1.82) is 0 Å². The minimum absolute atomic E-state index is 0.00486. The number of benzene rings is 1. The molecule has 6 nitrogen and oxygen atoms in total. The molecule has 0 fully saturated rings. The molecule has 4 rings (SSSR count). The first kappa shape index (κ1) is 16.3. The van der Waals surface area contributed by atoms with Crippen molar-refractivity contribution in [3.05, 3.63) is 29.1 Å². The smallest absolute Gasteiger partial charge is 0.261 e. The number of nitrogens with zero attached hydrogens (tertiary/aromatic N) is 2. The van der Waals surface area contributed by atoms with Crippen LogP contribution in [0.25, 0.3) is 0 Å². The Balaban J connectivity index is 1.79. The average molecular weight is 353 g/mol. The van der Waals surface area contributed by atoms with E-state index in [1.807, 2.05) is 0 Å². The summed E-state index contributed by atoms with van der Waals surface area (Å²) in [6, 6.07) is 2.54. The van der Waals surface area contributed by atoms with E-state index in [4.69, 9.17) is 6.42 Å². The third-order valence-corrected chi connectivity index (χ3v) is 4.97. The Hall–Kier alpha value is -3.14. The topological polar surface area (TPSA) is 69.7 Å². The highest BCUT2D eigenvalue weighted by atomic mass is 19.1. The van der Waals surface area contributed by atoms with Crippen molar-refractivity contribution >= 4 is 34.8 Å². The molecule has 0 unspecified atom stereocenters. The summed E-state index contributed by atoms with van der Waals surface area (Å²) in [4.78, 5) is 39.7. The maximum atomic E-state index is 14.7. The van der Waals surface area contributed by atoms with Gasteiger partial charge in [0.25, 0.3) is 11.8 Å². The molecule has 1 aromatic rings. The highest BCUT2D eigenvalue weighted by Gasteiger charge is 2.41. The summed E-state index contributed by atoms with van der Waals surface area (Å²) in [5, 5.41) is 2.83. The number of carbonyl (C=O) groups is 3. The molecule has 26 heavy (non-hydrogen) atoms. The number of imide groups is 1. The lowest BCUT2D eigenvalue weighted by atomic mass is 9.93. The van der Waals surface area contributed by atoms with E-state index >= 15 is 0 Å². The Morgan fingerprint density at radius 2 is 1.73 bits per heavy atom. The number of fused-ring (bicyclic) bond motifs is 1. The van der Waals surface area contributed by atoms with Crippen LogP contribution in [0.5, 0.6) is 0 Å². The molecule has 0 radical (unpaired) electrons. The van der Waals surface area contributed by atoms with Gasteiger partial charge in [-0.1, -0.05) is 5.92 Å². The summed E-state index contributed by atoms with van der Waals surface area (Å²) in [5.74, 6) is 0.497. The fourth-order valence-corrected chi connectivity index (χ4v) is 3.71. The second kappa shape index (κ2) is 5.99. The maximum absolute atomic E-state index is 14.7. The van der Waals surface area contributed by atoms with Gasteiger partial charge in [0, 0.05) is 17.2 Å². The van der Waals surface area contributed by atoms with Crippen molar-refractivity contribution in [2.24, 2.45) is 0 Å². The normalized spacial score (nSPS) is 19.3. The molecule has 0 saturated heterocycles. The van der Waals surface area contributed by atoms with Gasteiger partial charge in [-0.2, -0.15) is 0 Å². The minimum Gasteiger partial charge on any atom is -0.374 e. The summed E-state index contributed by atoms with van der Waals surface area (Å²) in [6.07, 6.45) is 8.08.